The molecule has 2 aromatic rings. The molecule has 20 heavy (non-hydrogen) atoms. The summed E-state index contributed by atoms with van der Waals surface area (Å²) in [4.78, 5) is 0. The SMILES string of the molecule is COc1ccccc1OCCNc1cc(C)ccc1C. The molecule has 3 heteroatoms. The Hall–Kier alpha value is -2.16. The fraction of sp³-hybridized carbons (Fsp3) is 0.294. The molecular weight excluding hydrogens is 250 g/mol. The molecule has 1 N–H and O–H groups in total. The fourth-order valence-corrected chi connectivity index (χ4v) is 2.01. The maximum Gasteiger partial charge on any atom is 0.161 e. The van der Waals surface area contributed by atoms with Crippen molar-refractivity contribution < 1.29 is 9.47 Å². The van der Waals surface area contributed by atoms with Crippen molar-refractivity contribution in [3.8, 4) is 11.5 Å². The second kappa shape index (κ2) is 6.85. The normalized spacial score (nSPS) is 10.2. The Balaban J connectivity index is 1.86. The average molecular weight is 271 g/mol. The van der Waals surface area contributed by atoms with E-state index in [1.165, 1.54) is 11.1 Å². The average Bonchev–Trinajstić information content (AvgIpc) is 2.47. The van der Waals surface area contributed by atoms with Gasteiger partial charge in [-0.15, -0.1) is 0 Å². The van der Waals surface area contributed by atoms with Gasteiger partial charge >= 0.3 is 0 Å². The molecule has 0 heterocycles. The summed E-state index contributed by atoms with van der Waals surface area (Å²) in [5, 5.41) is 3.40. The monoisotopic (exact) mass is 271 g/mol. The number of ether oxygens (including phenoxy) is 2. The standard InChI is InChI=1S/C17H21NO2/c1-13-8-9-14(2)15(12-13)18-10-11-20-17-7-5-4-6-16(17)19-3/h4-9,12,18H,10-11H2,1-3H3. The highest BCUT2D eigenvalue weighted by atomic mass is 16.5. The summed E-state index contributed by atoms with van der Waals surface area (Å²) in [5.41, 5.74) is 3.66. The van der Waals surface area contributed by atoms with Gasteiger partial charge in [0, 0.05) is 12.2 Å². The second-order valence-electron chi connectivity index (χ2n) is 4.74. The van der Waals surface area contributed by atoms with Crippen LogP contribution in [-0.4, -0.2) is 20.3 Å². The number of anilines is 1. The Kier molecular flexibility index (Phi) is 4.88. The number of hydrogen-bond acceptors (Lipinski definition) is 3. The van der Waals surface area contributed by atoms with Crippen molar-refractivity contribution in [1.82, 2.24) is 0 Å². The van der Waals surface area contributed by atoms with Crippen molar-refractivity contribution in [1.29, 1.82) is 0 Å². The molecule has 2 rings (SSSR count). The lowest BCUT2D eigenvalue weighted by Gasteiger charge is -2.13. The van der Waals surface area contributed by atoms with E-state index in [-0.39, 0.29) is 0 Å². The summed E-state index contributed by atoms with van der Waals surface area (Å²) in [6, 6.07) is 14.1. The summed E-state index contributed by atoms with van der Waals surface area (Å²) >= 11 is 0. The van der Waals surface area contributed by atoms with E-state index in [1.807, 2.05) is 24.3 Å². The molecule has 0 aliphatic rings. The van der Waals surface area contributed by atoms with Gasteiger partial charge in [0.2, 0.25) is 0 Å². The molecule has 0 radical (unpaired) electrons. The summed E-state index contributed by atoms with van der Waals surface area (Å²) in [6.07, 6.45) is 0. The number of hydrogen-bond donors (Lipinski definition) is 1. The van der Waals surface area contributed by atoms with Crippen molar-refractivity contribution in [2.24, 2.45) is 0 Å². The first kappa shape index (κ1) is 14.3. The summed E-state index contributed by atoms with van der Waals surface area (Å²) in [6.45, 7) is 5.54. The van der Waals surface area contributed by atoms with Crippen molar-refractivity contribution in [3.63, 3.8) is 0 Å². The minimum Gasteiger partial charge on any atom is -0.493 e. The molecule has 2 aromatic carbocycles. The van der Waals surface area contributed by atoms with Crippen LogP contribution in [0, 0.1) is 13.8 Å². The molecule has 0 saturated heterocycles. The van der Waals surface area contributed by atoms with Crippen LogP contribution in [0.2, 0.25) is 0 Å². The first-order valence-corrected chi connectivity index (χ1v) is 6.77. The van der Waals surface area contributed by atoms with E-state index in [0.717, 1.165) is 23.7 Å². The third-order valence-corrected chi connectivity index (χ3v) is 3.14. The van der Waals surface area contributed by atoms with E-state index < -0.39 is 0 Å². The van der Waals surface area contributed by atoms with Crippen LogP contribution in [0.5, 0.6) is 11.5 Å². The highest BCUT2D eigenvalue weighted by molar-refractivity contribution is 5.52. The van der Waals surface area contributed by atoms with Crippen LogP contribution in [0.15, 0.2) is 42.5 Å². The molecule has 0 bridgehead atoms. The first-order valence-electron chi connectivity index (χ1n) is 6.77. The zero-order valence-corrected chi connectivity index (χ0v) is 12.3. The minimum absolute atomic E-state index is 0.591. The van der Waals surface area contributed by atoms with E-state index in [4.69, 9.17) is 9.47 Å². The molecule has 0 fully saturated rings. The third kappa shape index (κ3) is 3.67. The van der Waals surface area contributed by atoms with Gasteiger partial charge in [0.1, 0.15) is 6.61 Å². The van der Waals surface area contributed by atoms with E-state index in [2.05, 4.69) is 37.4 Å². The third-order valence-electron chi connectivity index (χ3n) is 3.14. The first-order chi connectivity index (χ1) is 9.70. The molecular formula is C17H21NO2. The Morgan fingerprint density at radius 3 is 2.50 bits per heavy atom. The summed E-state index contributed by atoms with van der Waals surface area (Å²) in [5.74, 6) is 1.54. The predicted molar refractivity (Wildman–Crippen MR) is 82.9 cm³/mol. The number of aryl methyl sites for hydroxylation is 2. The van der Waals surface area contributed by atoms with Crippen molar-refractivity contribution >= 4 is 5.69 Å². The zero-order chi connectivity index (χ0) is 14.4. The van der Waals surface area contributed by atoms with Gasteiger partial charge in [0.25, 0.3) is 0 Å². The largest absolute Gasteiger partial charge is 0.493 e. The van der Waals surface area contributed by atoms with Crippen LogP contribution >= 0.6 is 0 Å². The van der Waals surface area contributed by atoms with E-state index in [9.17, 15) is 0 Å². The van der Waals surface area contributed by atoms with Crippen molar-refractivity contribution in [2.75, 3.05) is 25.6 Å². The molecule has 0 aliphatic heterocycles. The van der Waals surface area contributed by atoms with Gasteiger partial charge in [0.05, 0.1) is 7.11 Å². The fourth-order valence-electron chi connectivity index (χ4n) is 2.01. The van der Waals surface area contributed by atoms with Crippen LogP contribution in [0.1, 0.15) is 11.1 Å². The maximum atomic E-state index is 5.73. The van der Waals surface area contributed by atoms with Gasteiger partial charge in [-0.3, -0.25) is 0 Å². The van der Waals surface area contributed by atoms with Gasteiger partial charge in [-0.2, -0.15) is 0 Å². The van der Waals surface area contributed by atoms with Crippen LogP contribution < -0.4 is 14.8 Å². The molecule has 0 saturated carbocycles. The lowest BCUT2D eigenvalue weighted by molar-refractivity contribution is 0.306. The topological polar surface area (TPSA) is 30.5 Å². The van der Waals surface area contributed by atoms with Crippen molar-refractivity contribution in [3.05, 3.63) is 53.6 Å². The van der Waals surface area contributed by atoms with Crippen LogP contribution in [-0.2, 0) is 0 Å². The molecule has 0 atom stereocenters. The molecule has 0 unspecified atom stereocenters. The highest BCUT2D eigenvalue weighted by Gasteiger charge is 2.02. The van der Waals surface area contributed by atoms with Gasteiger partial charge in [0.15, 0.2) is 11.5 Å². The molecule has 0 spiro atoms. The van der Waals surface area contributed by atoms with E-state index in [1.54, 1.807) is 7.11 Å². The Labute approximate surface area is 120 Å². The summed E-state index contributed by atoms with van der Waals surface area (Å²) < 4.78 is 11.0. The molecule has 0 aliphatic carbocycles. The van der Waals surface area contributed by atoms with Crippen LogP contribution in [0.25, 0.3) is 0 Å². The molecule has 0 amide bonds. The minimum atomic E-state index is 0.591. The second-order valence-corrected chi connectivity index (χ2v) is 4.74. The van der Waals surface area contributed by atoms with E-state index in [0.29, 0.717) is 6.61 Å². The number of methoxy groups -OCH3 is 1. The number of nitrogens with one attached hydrogen (secondary N) is 1. The van der Waals surface area contributed by atoms with E-state index >= 15 is 0 Å². The highest BCUT2D eigenvalue weighted by Crippen LogP contribution is 2.25. The number of para-hydroxylation sites is 2. The molecule has 3 nitrogen and oxygen atoms in total. The number of rotatable bonds is 6. The lowest BCUT2D eigenvalue weighted by Crippen LogP contribution is -2.12. The Morgan fingerprint density at radius 2 is 1.75 bits per heavy atom. The van der Waals surface area contributed by atoms with Crippen LogP contribution in [0.3, 0.4) is 0 Å². The molecule has 0 aromatic heterocycles. The lowest BCUT2D eigenvalue weighted by atomic mass is 10.1. The van der Waals surface area contributed by atoms with Gasteiger partial charge < -0.3 is 14.8 Å². The van der Waals surface area contributed by atoms with Gasteiger partial charge in [-0.1, -0.05) is 24.3 Å². The summed E-state index contributed by atoms with van der Waals surface area (Å²) in [7, 11) is 1.65. The van der Waals surface area contributed by atoms with Gasteiger partial charge in [-0.05, 0) is 43.2 Å². The van der Waals surface area contributed by atoms with Gasteiger partial charge in [-0.25, -0.2) is 0 Å². The zero-order valence-electron chi connectivity index (χ0n) is 12.3. The smallest absolute Gasteiger partial charge is 0.161 e. The van der Waals surface area contributed by atoms with Crippen LogP contribution in [0.4, 0.5) is 5.69 Å². The predicted octanol–water partition coefficient (Wildman–Crippen LogP) is 3.80. The Morgan fingerprint density at radius 1 is 1.00 bits per heavy atom. The quantitative estimate of drug-likeness (QED) is 0.811. The number of benzene rings is 2. The molecule has 106 valence electrons. The Bertz CT molecular complexity index is 567. The maximum absolute atomic E-state index is 5.73. The van der Waals surface area contributed by atoms with Crippen molar-refractivity contribution in [2.45, 2.75) is 13.8 Å².